The van der Waals surface area contributed by atoms with Gasteiger partial charge in [0.25, 0.3) is 0 Å². The number of alkyl halides is 3. The molecule has 0 aromatic carbocycles. The minimum absolute atomic E-state index is 0.0316. The van der Waals surface area contributed by atoms with Crippen molar-refractivity contribution in [3.05, 3.63) is 17.0 Å². The molecule has 23 heavy (non-hydrogen) atoms. The molecule has 1 aliphatic carbocycles. The summed E-state index contributed by atoms with van der Waals surface area (Å²) < 4.78 is 51.9. The Bertz CT molecular complexity index is 763. The SMILES string of the molecule is CC1(CCl)CC(S(=O)(=O)Cc2c3c(nn2C(F)F)CCC3)=NO1. The summed E-state index contributed by atoms with van der Waals surface area (Å²) in [6, 6.07) is 0. The monoisotopic (exact) mass is 367 g/mol. The van der Waals surface area contributed by atoms with Crippen LogP contribution < -0.4 is 0 Å². The average molecular weight is 368 g/mol. The van der Waals surface area contributed by atoms with Gasteiger partial charge in [0.2, 0.25) is 9.84 Å². The lowest BCUT2D eigenvalue weighted by Crippen LogP contribution is -2.29. The van der Waals surface area contributed by atoms with E-state index in [2.05, 4.69) is 10.3 Å². The minimum atomic E-state index is -3.87. The maximum Gasteiger partial charge on any atom is 0.333 e. The van der Waals surface area contributed by atoms with Gasteiger partial charge in [0, 0.05) is 6.42 Å². The summed E-state index contributed by atoms with van der Waals surface area (Å²) in [6.07, 6.45) is 1.98. The Morgan fingerprint density at radius 1 is 1.43 bits per heavy atom. The molecule has 2 aliphatic rings. The Morgan fingerprint density at radius 2 is 2.17 bits per heavy atom. The van der Waals surface area contributed by atoms with E-state index in [0.717, 1.165) is 6.42 Å². The van der Waals surface area contributed by atoms with Crippen molar-refractivity contribution in [1.29, 1.82) is 0 Å². The number of oxime groups is 1. The molecule has 1 atom stereocenters. The zero-order valence-electron chi connectivity index (χ0n) is 12.4. The molecule has 0 bridgehead atoms. The van der Waals surface area contributed by atoms with Gasteiger partial charge in [-0.25, -0.2) is 13.1 Å². The van der Waals surface area contributed by atoms with Crippen LogP contribution in [0.2, 0.25) is 0 Å². The Labute approximate surface area is 137 Å². The fraction of sp³-hybridized carbons (Fsp3) is 0.692. The lowest BCUT2D eigenvalue weighted by Gasteiger charge is -2.16. The van der Waals surface area contributed by atoms with Crippen LogP contribution in [-0.4, -0.2) is 34.7 Å². The third-order valence-corrected chi connectivity index (χ3v) is 6.24. The van der Waals surface area contributed by atoms with E-state index in [1.807, 2.05) is 0 Å². The van der Waals surface area contributed by atoms with Crippen LogP contribution in [0.25, 0.3) is 0 Å². The van der Waals surface area contributed by atoms with E-state index >= 15 is 0 Å². The molecule has 0 N–H and O–H groups in total. The second-order valence-electron chi connectivity index (χ2n) is 6.04. The van der Waals surface area contributed by atoms with Crippen LogP contribution in [-0.2, 0) is 33.3 Å². The maximum absolute atomic E-state index is 13.1. The van der Waals surface area contributed by atoms with Gasteiger partial charge in [-0.05, 0) is 31.7 Å². The molecule has 0 fully saturated rings. The standard InChI is InChI=1S/C13H16ClF2N3O3S/c1-13(7-14)5-11(18-22-13)23(20,21)6-10-8-3-2-4-9(8)17-19(10)12(15)16/h12H,2-7H2,1H3. The number of nitrogens with zero attached hydrogens (tertiary/aromatic N) is 3. The van der Waals surface area contributed by atoms with Crippen LogP contribution >= 0.6 is 11.6 Å². The normalized spacial score (nSPS) is 24.0. The van der Waals surface area contributed by atoms with Crippen molar-refractivity contribution in [2.24, 2.45) is 5.16 Å². The van der Waals surface area contributed by atoms with E-state index in [4.69, 9.17) is 16.4 Å². The molecule has 128 valence electrons. The summed E-state index contributed by atoms with van der Waals surface area (Å²) in [7, 11) is -3.87. The molecule has 10 heteroatoms. The fourth-order valence-electron chi connectivity index (χ4n) is 2.84. The van der Waals surface area contributed by atoms with E-state index in [1.165, 1.54) is 0 Å². The zero-order valence-corrected chi connectivity index (χ0v) is 14.0. The summed E-state index contributed by atoms with van der Waals surface area (Å²) in [6.45, 7) is -1.23. The minimum Gasteiger partial charge on any atom is -0.387 e. The second kappa shape index (κ2) is 5.70. The topological polar surface area (TPSA) is 73.5 Å². The third kappa shape index (κ3) is 2.96. The van der Waals surface area contributed by atoms with Gasteiger partial charge >= 0.3 is 6.55 Å². The Hall–Kier alpha value is -1.22. The summed E-state index contributed by atoms with van der Waals surface area (Å²) in [5.74, 6) is -0.472. The number of aromatic nitrogens is 2. The summed E-state index contributed by atoms with van der Waals surface area (Å²) in [4.78, 5) is 5.08. The molecule has 1 aliphatic heterocycles. The zero-order chi connectivity index (χ0) is 16.8. The van der Waals surface area contributed by atoms with Crippen molar-refractivity contribution in [3.8, 4) is 0 Å². The summed E-state index contributed by atoms with van der Waals surface area (Å²) in [5, 5.41) is 7.30. The molecule has 0 radical (unpaired) electrons. The Morgan fingerprint density at radius 3 is 2.78 bits per heavy atom. The Balaban J connectivity index is 1.90. The smallest absolute Gasteiger partial charge is 0.333 e. The number of aryl methyl sites for hydroxylation is 1. The number of halogens is 3. The molecule has 0 saturated heterocycles. The molecule has 1 aromatic rings. The van der Waals surface area contributed by atoms with Crippen molar-refractivity contribution in [2.45, 2.75) is 50.5 Å². The highest BCUT2D eigenvalue weighted by Crippen LogP contribution is 2.32. The quantitative estimate of drug-likeness (QED) is 0.766. The molecule has 0 amide bonds. The number of sulfone groups is 1. The van der Waals surface area contributed by atoms with Crippen molar-refractivity contribution in [3.63, 3.8) is 0 Å². The predicted octanol–water partition coefficient (Wildman–Crippen LogP) is 2.41. The largest absolute Gasteiger partial charge is 0.387 e. The molecule has 1 unspecified atom stereocenters. The summed E-state index contributed by atoms with van der Waals surface area (Å²) >= 11 is 5.74. The first-order valence-corrected chi connectivity index (χ1v) is 9.35. The van der Waals surface area contributed by atoms with Gasteiger partial charge in [0.15, 0.2) is 10.6 Å². The van der Waals surface area contributed by atoms with Crippen molar-refractivity contribution in [1.82, 2.24) is 9.78 Å². The van der Waals surface area contributed by atoms with Gasteiger partial charge in [-0.15, -0.1) is 11.6 Å². The van der Waals surface area contributed by atoms with E-state index in [0.29, 0.717) is 28.8 Å². The van der Waals surface area contributed by atoms with E-state index in [9.17, 15) is 17.2 Å². The van der Waals surface area contributed by atoms with Crippen LogP contribution in [0.4, 0.5) is 8.78 Å². The highest BCUT2D eigenvalue weighted by molar-refractivity contribution is 8.05. The molecule has 0 saturated carbocycles. The van der Waals surface area contributed by atoms with Crippen LogP contribution in [0, 0.1) is 0 Å². The van der Waals surface area contributed by atoms with Crippen LogP contribution in [0.15, 0.2) is 5.16 Å². The first-order chi connectivity index (χ1) is 10.8. The van der Waals surface area contributed by atoms with Crippen molar-refractivity contribution < 1.29 is 22.0 Å². The first-order valence-electron chi connectivity index (χ1n) is 7.17. The highest BCUT2D eigenvalue weighted by atomic mass is 35.5. The van der Waals surface area contributed by atoms with Crippen molar-refractivity contribution in [2.75, 3.05) is 5.88 Å². The van der Waals surface area contributed by atoms with E-state index in [1.54, 1.807) is 6.92 Å². The second-order valence-corrected chi connectivity index (χ2v) is 8.30. The molecule has 6 nitrogen and oxygen atoms in total. The Kier molecular flexibility index (Phi) is 4.12. The first kappa shape index (κ1) is 16.6. The van der Waals surface area contributed by atoms with Crippen LogP contribution in [0.5, 0.6) is 0 Å². The maximum atomic E-state index is 13.1. The molecule has 0 spiro atoms. The van der Waals surface area contributed by atoms with Gasteiger partial charge in [-0.1, -0.05) is 5.16 Å². The van der Waals surface area contributed by atoms with Gasteiger partial charge in [0.05, 0.1) is 23.0 Å². The third-order valence-electron chi connectivity index (χ3n) is 4.09. The van der Waals surface area contributed by atoms with Gasteiger partial charge in [-0.3, -0.25) is 0 Å². The van der Waals surface area contributed by atoms with Gasteiger partial charge in [-0.2, -0.15) is 13.9 Å². The van der Waals surface area contributed by atoms with Crippen LogP contribution in [0.3, 0.4) is 0 Å². The fourth-order valence-corrected chi connectivity index (χ4v) is 4.49. The van der Waals surface area contributed by atoms with Gasteiger partial charge in [0.1, 0.15) is 0 Å². The number of hydrogen-bond acceptors (Lipinski definition) is 5. The predicted molar refractivity (Wildman–Crippen MR) is 80.4 cm³/mol. The highest BCUT2D eigenvalue weighted by Gasteiger charge is 2.40. The summed E-state index contributed by atoms with van der Waals surface area (Å²) in [5.41, 5.74) is 0.350. The number of fused-ring (bicyclic) bond motifs is 1. The molecule has 2 heterocycles. The molecule has 3 rings (SSSR count). The van der Waals surface area contributed by atoms with E-state index < -0.39 is 27.7 Å². The average Bonchev–Trinajstić information content (AvgIpc) is 3.15. The number of rotatable bonds is 4. The molecular formula is C13H16ClF2N3O3S. The molecule has 1 aromatic heterocycles. The lowest BCUT2D eigenvalue weighted by atomic mass is 10.1. The number of hydrogen-bond donors (Lipinski definition) is 0. The van der Waals surface area contributed by atoms with Crippen molar-refractivity contribution >= 4 is 26.5 Å². The lowest BCUT2D eigenvalue weighted by molar-refractivity contribution is 0.0152. The van der Waals surface area contributed by atoms with Gasteiger partial charge < -0.3 is 4.84 Å². The van der Waals surface area contributed by atoms with Crippen LogP contribution in [0.1, 0.15) is 43.3 Å². The van der Waals surface area contributed by atoms with E-state index in [-0.39, 0.29) is 23.0 Å². The molecular weight excluding hydrogens is 352 g/mol.